The molecule has 0 aromatic heterocycles. The molecule has 0 unspecified atom stereocenters. The molecule has 0 aliphatic rings. The molecule has 4 aromatic rings. The maximum atomic E-state index is 13.8. The average molecular weight is 467 g/mol. The standard InChI is InChI=1S/C30H27FN2O2/c1-22(25-11-6-3-7-12-25)32-29(34)19-23-15-17-28(18-16-23)33(21-24-9-4-2-5-10-24)30(35)26-13-8-14-27(31)20-26/h2-18,20,22H,19,21H2,1H3,(H,32,34)/t22-/m0/s1. The van der Waals surface area contributed by atoms with E-state index >= 15 is 0 Å². The summed E-state index contributed by atoms with van der Waals surface area (Å²) in [5.41, 5.74) is 3.79. The highest BCUT2D eigenvalue weighted by molar-refractivity contribution is 6.06. The number of anilines is 1. The van der Waals surface area contributed by atoms with E-state index in [0.29, 0.717) is 12.2 Å². The van der Waals surface area contributed by atoms with Crippen molar-refractivity contribution in [2.24, 2.45) is 0 Å². The van der Waals surface area contributed by atoms with Gasteiger partial charge in [0.25, 0.3) is 5.91 Å². The molecule has 0 fully saturated rings. The molecule has 0 bridgehead atoms. The molecule has 4 rings (SSSR count). The first-order chi connectivity index (χ1) is 17.0. The monoisotopic (exact) mass is 466 g/mol. The predicted octanol–water partition coefficient (Wildman–Crippen LogP) is 6.09. The number of nitrogens with zero attached hydrogens (tertiary/aromatic N) is 1. The molecule has 0 spiro atoms. The van der Waals surface area contributed by atoms with E-state index in [2.05, 4.69) is 5.32 Å². The Labute approximate surface area is 205 Å². The van der Waals surface area contributed by atoms with Crippen LogP contribution >= 0.6 is 0 Å². The third-order valence-corrected chi connectivity index (χ3v) is 5.79. The Balaban J connectivity index is 1.50. The van der Waals surface area contributed by atoms with E-state index in [4.69, 9.17) is 0 Å². The van der Waals surface area contributed by atoms with E-state index in [9.17, 15) is 14.0 Å². The number of nitrogens with one attached hydrogen (secondary N) is 1. The molecule has 4 aromatic carbocycles. The highest BCUT2D eigenvalue weighted by Gasteiger charge is 2.19. The third kappa shape index (κ3) is 6.42. The minimum Gasteiger partial charge on any atom is -0.349 e. The Kier molecular flexibility index (Phi) is 7.68. The van der Waals surface area contributed by atoms with Gasteiger partial charge in [-0.3, -0.25) is 9.59 Å². The number of benzene rings is 4. The largest absolute Gasteiger partial charge is 0.349 e. The molecule has 1 atom stereocenters. The Morgan fingerprint density at radius 1 is 0.800 bits per heavy atom. The lowest BCUT2D eigenvalue weighted by Crippen LogP contribution is -2.30. The van der Waals surface area contributed by atoms with Crippen molar-refractivity contribution in [2.75, 3.05) is 4.90 Å². The van der Waals surface area contributed by atoms with Crippen molar-refractivity contribution >= 4 is 17.5 Å². The highest BCUT2D eigenvalue weighted by Crippen LogP contribution is 2.22. The fourth-order valence-corrected chi connectivity index (χ4v) is 3.92. The number of hydrogen-bond acceptors (Lipinski definition) is 2. The van der Waals surface area contributed by atoms with Gasteiger partial charge in [-0.15, -0.1) is 0 Å². The zero-order chi connectivity index (χ0) is 24.6. The van der Waals surface area contributed by atoms with Crippen LogP contribution in [0.15, 0.2) is 109 Å². The number of amides is 2. The Hall–Kier alpha value is -4.25. The van der Waals surface area contributed by atoms with Crippen LogP contribution in [-0.4, -0.2) is 11.8 Å². The van der Waals surface area contributed by atoms with Crippen molar-refractivity contribution < 1.29 is 14.0 Å². The topological polar surface area (TPSA) is 49.4 Å². The van der Waals surface area contributed by atoms with Gasteiger partial charge in [-0.2, -0.15) is 0 Å². The summed E-state index contributed by atoms with van der Waals surface area (Å²) in [6.07, 6.45) is 0.230. The van der Waals surface area contributed by atoms with Gasteiger partial charge in [-0.1, -0.05) is 78.9 Å². The molecule has 2 amide bonds. The maximum absolute atomic E-state index is 13.8. The summed E-state index contributed by atoms with van der Waals surface area (Å²) in [5, 5.41) is 3.02. The van der Waals surface area contributed by atoms with E-state index in [1.165, 1.54) is 18.2 Å². The van der Waals surface area contributed by atoms with Crippen LogP contribution in [0.2, 0.25) is 0 Å². The quantitative estimate of drug-likeness (QED) is 0.341. The summed E-state index contributed by atoms with van der Waals surface area (Å²) in [5.74, 6) is -0.830. The molecule has 0 saturated carbocycles. The van der Waals surface area contributed by atoms with Crippen LogP contribution in [0.25, 0.3) is 0 Å². The van der Waals surface area contributed by atoms with Crippen molar-refractivity contribution in [1.82, 2.24) is 5.32 Å². The van der Waals surface area contributed by atoms with Gasteiger partial charge in [-0.05, 0) is 53.9 Å². The normalized spacial score (nSPS) is 11.5. The minimum atomic E-state index is -0.457. The number of carbonyl (C=O) groups excluding carboxylic acids is 2. The zero-order valence-electron chi connectivity index (χ0n) is 19.5. The van der Waals surface area contributed by atoms with E-state index < -0.39 is 5.82 Å². The summed E-state index contributed by atoms with van der Waals surface area (Å²) < 4.78 is 13.8. The van der Waals surface area contributed by atoms with Crippen LogP contribution < -0.4 is 10.2 Å². The maximum Gasteiger partial charge on any atom is 0.258 e. The molecule has 176 valence electrons. The second-order valence-corrected chi connectivity index (χ2v) is 8.43. The fourth-order valence-electron chi connectivity index (χ4n) is 3.92. The molecule has 1 N–H and O–H groups in total. The first kappa shape index (κ1) is 23.9. The summed E-state index contributed by atoms with van der Waals surface area (Å²) in [6.45, 7) is 2.29. The lowest BCUT2D eigenvalue weighted by atomic mass is 10.1. The van der Waals surface area contributed by atoms with Gasteiger partial charge in [0.1, 0.15) is 5.82 Å². The zero-order valence-corrected chi connectivity index (χ0v) is 19.5. The molecule has 0 aliphatic carbocycles. The molecule has 0 aliphatic heterocycles. The second-order valence-electron chi connectivity index (χ2n) is 8.43. The van der Waals surface area contributed by atoms with Crippen LogP contribution in [0, 0.1) is 5.82 Å². The van der Waals surface area contributed by atoms with E-state index in [1.54, 1.807) is 11.0 Å². The third-order valence-electron chi connectivity index (χ3n) is 5.79. The summed E-state index contributed by atoms with van der Waals surface area (Å²) in [4.78, 5) is 27.5. The predicted molar refractivity (Wildman–Crippen MR) is 137 cm³/mol. The Morgan fingerprint density at radius 3 is 2.11 bits per heavy atom. The van der Waals surface area contributed by atoms with Crippen molar-refractivity contribution in [3.05, 3.63) is 137 Å². The lowest BCUT2D eigenvalue weighted by Gasteiger charge is -2.23. The first-order valence-corrected chi connectivity index (χ1v) is 11.5. The van der Waals surface area contributed by atoms with E-state index in [1.807, 2.05) is 91.9 Å². The second kappa shape index (κ2) is 11.3. The van der Waals surface area contributed by atoms with Gasteiger partial charge in [0.15, 0.2) is 0 Å². The van der Waals surface area contributed by atoms with Crippen LogP contribution in [0.5, 0.6) is 0 Å². The average Bonchev–Trinajstić information content (AvgIpc) is 2.88. The molecule has 5 heteroatoms. The molecule has 0 radical (unpaired) electrons. The molecule has 4 nitrogen and oxygen atoms in total. The molecule has 35 heavy (non-hydrogen) atoms. The van der Waals surface area contributed by atoms with Crippen molar-refractivity contribution in [1.29, 1.82) is 0 Å². The molecule has 0 heterocycles. The Morgan fingerprint density at radius 2 is 1.46 bits per heavy atom. The minimum absolute atomic E-state index is 0.0777. The van der Waals surface area contributed by atoms with Gasteiger partial charge in [0.05, 0.1) is 19.0 Å². The summed E-state index contributed by atoms with van der Waals surface area (Å²) in [7, 11) is 0. The number of carbonyl (C=O) groups is 2. The van der Waals surface area contributed by atoms with E-state index in [0.717, 1.165) is 16.7 Å². The lowest BCUT2D eigenvalue weighted by molar-refractivity contribution is -0.121. The smallest absolute Gasteiger partial charge is 0.258 e. The van der Waals surface area contributed by atoms with Crippen LogP contribution in [0.3, 0.4) is 0 Å². The van der Waals surface area contributed by atoms with E-state index in [-0.39, 0.29) is 29.8 Å². The fraction of sp³-hybridized carbons (Fsp3) is 0.133. The molecular formula is C30H27FN2O2. The number of halogens is 1. The summed E-state index contributed by atoms with van der Waals surface area (Å²) in [6, 6.07) is 32.4. The van der Waals surface area contributed by atoms with Gasteiger partial charge in [-0.25, -0.2) is 4.39 Å². The number of rotatable bonds is 8. The van der Waals surface area contributed by atoms with Crippen molar-refractivity contribution in [3.63, 3.8) is 0 Å². The van der Waals surface area contributed by atoms with Crippen LogP contribution in [0.1, 0.15) is 40.0 Å². The molecule has 0 saturated heterocycles. The van der Waals surface area contributed by atoms with Crippen molar-refractivity contribution in [3.8, 4) is 0 Å². The Bertz CT molecular complexity index is 1270. The summed E-state index contributed by atoms with van der Waals surface area (Å²) >= 11 is 0. The first-order valence-electron chi connectivity index (χ1n) is 11.5. The van der Waals surface area contributed by atoms with Gasteiger partial charge in [0.2, 0.25) is 5.91 Å². The van der Waals surface area contributed by atoms with Crippen LogP contribution in [-0.2, 0) is 17.8 Å². The molecular weight excluding hydrogens is 439 g/mol. The van der Waals surface area contributed by atoms with Crippen LogP contribution in [0.4, 0.5) is 10.1 Å². The van der Waals surface area contributed by atoms with Crippen molar-refractivity contribution in [2.45, 2.75) is 25.9 Å². The van der Waals surface area contributed by atoms with Gasteiger partial charge in [0, 0.05) is 11.3 Å². The van der Waals surface area contributed by atoms with Gasteiger partial charge < -0.3 is 10.2 Å². The van der Waals surface area contributed by atoms with Gasteiger partial charge >= 0.3 is 0 Å². The SMILES string of the molecule is C[C@H](NC(=O)Cc1ccc(N(Cc2ccccc2)C(=O)c2cccc(F)c2)cc1)c1ccccc1. The highest BCUT2D eigenvalue weighted by atomic mass is 19.1. The number of hydrogen-bond donors (Lipinski definition) is 1.